The van der Waals surface area contributed by atoms with Gasteiger partial charge in [0.1, 0.15) is 5.76 Å². The molecule has 0 saturated carbocycles. The maximum absolute atomic E-state index is 5.34. The first kappa shape index (κ1) is 8.30. The van der Waals surface area contributed by atoms with Gasteiger partial charge < -0.3 is 15.5 Å². The molecular formula is C8H14N2O. The highest BCUT2D eigenvalue weighted by Crippen LogP contribution is 2.10. The van der Waals surface area contributed by atoms with Gasteiger partial charge in [-0.1, -0.05) is 0 Å². The topological polar surface area (TPSA) is 51.2 Å². The van der Waals surface area contributed by atoms with E-state index in [4.69, 9.17) is 10.2 Å². The van der Waals surface area contributed by atoms with Gasteiger partial charge in [0.15, 0.2) is 0 Å². The summed E-state index contributed by atoms with van der Waals surface area (Å²) in [5.74, 6) is 0.957. The summed E-state index contributed by atoms with van der Waals surface area (Å²) >= 11 is 0. The fourth-order valence-corrected chi connectivity index (χ4v) is 0.938. The zero-order valence-corrected chi connectivity index (χ0v) is 6.71. The van der Waals surface area contributed by atoms with Crippen LogP contribution in [0.5, 0.6) is 0 Å². The zero-order valence-electron chi connectivity index (χ0n) is 6.71. The molecule has 1 aromatic heterocycles. The van der Waals surface area contributed by atoms with Crippen molar-refractivity contribution in [1.29, 1.82) is 0 Å². The monoisotopic (exact) mass is 154 g/mol. The average molecular weight is 154 g/mol. The van der Waals surface area contributed by atoms with Crippen LogP contribution >= 0.6 is 0 Å². The Kier molecular flexibility index (Phi) is 3.14. The van der Waals surface area contributed by atoms with Crippen molar-refractivity contribution in [3.05, 3.63) is 24.2 Å². The molecule has 3 heteroatoms. The third kappa shape index (κ3) is 2.37. The van der Waals surface area contributed by atoms with E-state index in [0.29, 0.717) is 6.54 Å². The van der Waals surface area contributed by atoms with Crippen molar-refractivity contribution in [3.63, 3.8) is 0 Å². The minimum Gasteiger partial charge on any atom is -0.468 e. The number of hydrogen-bond acceptors (Lipinski definition) is 3. The number of hydrogen-bond donors (Lipinski definition) is 2. The smallest absolute Gasteiger partial charge is 0.120 e. The number of furan rings is 1. The van der Waals surface area contributed by atoms with Gasteiger partial charge in [0, 0.05) is 13.1 Å². The molecule has 0 aliphatic carbocycles. The molecular weight excluding hydrogens is 140 g/mol. The van der Waals surface area contributed by atoms with Gasteiger partial charge in [0.25, 0.3) is 0 Å². The summed E-state index contributed by atoms with van der Waals surface area (Å²) in [6, 6.07) is 4.10. The van der Waals surface area contributed by atoms with E-state index < -0.39 is 0 Å². The SMILES string of the molecule is CC(NCCN)c1ccco1. The molecule has 0 aliphatic rings. The molecule has 11 heavy (non-hydrogen) atoms. The average Bonchev–Trinajstić information content (AvgIpc) is 2.52. The van der Waals surface area contributed by atoms with Crippen molar-refractivity contribution >= 4 is 0 Å². The summed E-state index contributed by atoms with van der Waals surface area (Å²) < 4.78 is 5.19. The van der Waals surface area contributed by atoms with Crippen LogP contribution < -0.4 is 11.1 Å². The molecule has 1 atom stereocenters. The highest BCUT2D eigenvalue weighted by molar-refractivity contribution is 5.02. The van der Waals surface area contributed by atoms with Crippen LogP contribution in [0.3, 0.4) is 0 Å². The van der Waals surface area contributed by atoms with E-state index in [1.165, 1.54) is 0 Å². The minimum atomic E-state index is 0.258. The Hall–Kier alpha value is -0.800. The van der Waals surface area contributed by atoms with Crippen LogP contribution in [-0.4, -0.2) is 13.1 Å². The molecule has 3 nitrogen and oxygen atoms in total. The van der Waals surface area contributed by atoms with Crippen LogP contribution in [0.1, 0.15) is 18.7 Å². The Morgan fingerprint density at radius 3 is 3.09 bits per heavy atom. The summed E-state index contributed by atoms with van der Waals surface area (Å²) in [5.41, 5.74) is 5.34. The summed E-state index contributed by atoms with van der Waals surface area (Å²) in [4.78, 5) is 0. The second kappa shape index (κ2) is 4.16. The molecule has 1 unspecified atom stereocenters. The lowest BCUT2D eigenvalue weighted by molar-refractivity contribution is 0.434. The van der Waals surface area contributed by atoms with Crippen LogP contribution in [0.2, 0.25) is 0 Å². The Morgan fingerprint density at radius 2 is 2.55 bits per heavy atom. The highest BCUT2D eigenvalue weighted by Gasteiger charge is 2.04. The second-order valence-electron chi connectivity index (χ2n) is 2.48. The fraction of sp³-hybridized carbons (Fsp3) is 0.500. The lowest BCUT2D eigenvalue weighted by Gasteiger charge is -2.08. The van der Waals surface area contributed by atoms with E-state index in [0.717, 1.165) is 12.3 Å². The minimum absolute atomic E-state index is 0.258. The van der Waals surface area contributed by atoms with Crippen LogP contribution in [0.15, 0.2) is 22.8 Å². The van der Waals surface area contributed by atoms with Gasteiger partial charge in [-0.25, -0.2) is 0 Å². The second-order valence-corrected chi connectivity index (χ2v) is 2.48. The van der Waals surface area contributed by atoms with Crippen molar-refractivity contribution in [1.82, 2.24) is 5.32 Å². The third-order valence-corrected chi connectivity index (χ3v) is 1.56. The van der Waals surface area contributed by atoms with Crippen molar-refractivity contribution in [2.45, 2.75) is 13.0 Å². The predicted molar refractivity (Wildman–Crippen MR) is 44.2 cm³/mol. The van der Waals surface area contributed by atoms with Crippen molar-refractivity contribution < 1.29 is 4.42 Å². The first-order valence-corrected chi connectivity index (χ1v) is 3.81. The normalized spacial score (nSPS) is 13.3. The van der Waals surface area contributed by atoms with Gasteiger partial charge in [0.2, 0.25) is 0 Å². The number of rotatable bonds is 4. The molecule has 0 amide bonds. The fourth-order valence-electron chi connectivity index (χ4n) is 0.938. The molecule has 0 spiro atoms. The molecule has 0 aliphatic heterocycles. The van der Waals surface area contributed by atoms with Crippen molar-refractivity contribution in [2.75, 3.05) is 13.1 Å². The van der Waals surface area contributed by atoms with Gasteiger partial charge >= 0.3 is 0 Å². The first-order chi connectivity index (χ1) is 5.34. The molecule has 0 radical (unpaired) electrons. The summed E-state index contributed by atoms with van der Waals surface area (Å²) in [5, 5.41) is 3.22. The molecule has 1 heterocycles. The Bertz CT molecular complexity index is 184. The molecule has 0 saturated heterocycles. The van der Waals surface area contributed by atoms with Gasteiger partial charge in [-0.15, -0.1) is 0 Å². The van der Waals surface area contributed by atoms with Gasteiger partial charge in [-0.2, -0.15) is 0 Å². The first-order valence-electron chi connectivity index (χ1n) is 3.81. The summed E-state index contributed by atoms with van der Waals surface area (Å²) in [6.07, 6.45) is 1.68. The number of nitrogens with two attached hydrogens (primary N) is 1. The molecule has 62 valence electrons. The summed E-state index contributed by atoms with van der Waals surface area (Å²) in [6.45, 7) is 3.53. The van der Waals surface area contributed by atoms with E-state index in [1.807, 2.05) is 12.1 Å². The molecule has 1 aromatic rings. The molecule has 0 fully saturated rings. The summed E-state index contributed by atoms with van der Waals surface area (Å²) in [7, 11) is 0. The van der Waals surface area contributed by atoms with Crippen LogP contribution in [0, 0.1) is 0 Å². The van der Waals surface area contributed by atoms with Crippen LogP contribution in [0.4, 0.5) is 0 Å². The van der Waals surface area contributed by atoms with E-state index in [2.05, 4.69) is 12.2 Å². The number of nitrogens with one attached hydrogen (secondary N) is 1. The van der Waals surface area contributed by atoms with Gasteiger partial charge in [-0.3, -0.25) is 0 Å². The third-order valence-electron chi connectivity index (χ3n) is 1.56. The Labute approximate surface area is 66.6 Å². The largest absolute Gasteiger partial charge is 0.468 e. The molecule has 0 bridgehead atoms. The lowest BCUT2D eigenvalue weighted by Crippen LogP contribution is -2.25. The van der Waals surface area contributed by atoms with Crippen molar-refractivity contribution in [3.8, 4) is 0 Å². The lowest BCUT2D eigenvalue weighted by atomic mass is 10.2. The Morgan fingerprint density at radius 1 is 1.73 bits per heavy atom. The standard InChI is InChI=1S/C8H14N2O/c1-7(10-5-4-9)8-3-2-6-11-8/h2-3,6-7,10H,4-5,9H2,1H3. The predicted octanol–water partition coefficient (Wildman–Crippen LogP) is 0.889. The maximum atomic E-state index is 5.34. The molecule has 0 aromatic carbocycles. The van der Waals surface area contributed by atoms with Crippen LogP contribution in [-0.2, 0) is 0 Å². The van der Waals surface area contributed by atoms with Gasteiger partial charge in [-0.05, 0) is 19.1 Å². The van der Waals surface area contributed by atoms with E-state index >= 15 is 0 Å². The van der Waals surface area contributed by atoms with E-state index in [9.17, 15) is 0 Å². The van der Waals surface area contributed by atoms with E-state index in [-0.39, 0.29) is 6.04 Å². The van der Waals surface area contributed by atoms with Crippen LogP contribution in [0.25, 0.3) is 0 Å². The van der Waals surface area contributed by atoms with Crippen molar-refractivity contribution in [2.24, 2.45) is 5.73 Å². The molecule has 3 N–H and O–H groups in total. The maximum Gasteiger partial charge on any atom is 0.120 e. The zero-order chi connectivity index (χ0) is 8.10. The Balaban J connectivity index is 2.36. The quantitative estimate of drug-likeness (QED) is 0.677. The van der Waals surface area contributed by atoms with Gasteiger partial charge in [0.05, 0.1) is 12.3 Å². The molecule has 1 rings (SSSR count). The van der Waals surface area contributed by atoms with E-state index in [1.54, 1.807) is 6.26 Å². The highest BCUT2D eigenvalue weighted by atomic mass is 16.3.